The van der Waals surface area contributed by atoms with Crippen molar-refractivity contribution in [2.45, 2.75) is 13.8 Å². The number of carbonyl (C=O) groups is 2. The molecule has 0 bridgehead atoms. The fraction of sp³-hybridized carbons (Fsp3) is 0.222. The minimum atomic E-state index is -0.516. The smallest absolute Gasteiger partial charge is 0.270 e. The van der Waals surface area contributed by atoms with Crippen LogP contribution in [-0.4, -0.2) is 23.3 Å². The molecule has 0 heterocycles. The molecule has 0 spiro atoms. The highest BCUT2D eigenvalue weighted by molar-refractivity contribution is 14.1. The van der Waals surface area contributed by atoms with Gasteiger partial charge in [0, 0.05) is 22.2 Å². The van der Waals surface area contributed by atoms with Crippen LogP contribution in [-0.2, 0) is 0 Å². The number of benzene rings is 2. The molecule has 2 rings (SSSR count). The molecular weight excluding hydrogens is 449 g/mol. The summed E-state index contributed by atoms with van der Waals surface area (Å²) in [5.41, 5.74) is 0.958. The summed E-state index contributed by atoms with van der Waals surface area (Å²) in [6.45, 7) is 4.51. The Labute approximate surface area is 164 Å². The number of carbonyl (C=O) groups excluding carboxylic acids is 2. The molecule has 0 aliphatic carbocycles. The highest BCUT2D eigenvalue weighted by Gasteiger charge is 2.17. The molecule has 0 saturated heterocycles. The van der Waals surface area contributed by atoms with Crippen molar-refractivity contribution in [1.82, 2.24) is 5.32 Å². The van der Waals surface area contributed by atoms with Gasteiger partial charge in [-0.3, -0.25) is 19.7 Å². The second-order valence-electron chi connectivity index (χ2n) is 6.02. The normalized spacial score (nSPS) is 10.5. The van der Waals surface area contributed by atoms with Gasteiger partial charge in [-0.05, 0) is 46.7 Å². The molecule has 0 atom stereocenters. The first-order valence-electron chi connectivity index (χ1n) is 7.92. The van der Waals surface area contributed by atoms with Gasteiger partial charge in [-0.15, -0.1) is 0 Å². The Bertz CT molecular complexity index is 852. The zero-order valence-corrected chi connectivity index (χ0v) is 16.4. The molecular formula is C18H18IN3O4. The van der Waals surface area contributed by atoms with E-state index in [1.54, 1.807) is 24.3 Å². The van der Waals surface area contributed by atoms with Crippen LogP contribution in [0.25, 0.3) is 0 Å². The number of amides is 2. The standard InChI is InChI=1S/C18H18IN3O4/c1-11(2)10-20-17(23)14-5-3-4-6-16(14)21-18(24)13-8-7-12(22(25)26)9-15(13)19/h3-9,11H,10H2,1-2H3,(H,20,23)(H,21,24). The summed E-state index contributed by atoms with van der Waals surface area (Å²) < 4.78 is 0.455. The van der Waals surface area contributed by atoms with Crippen LogP contribution in [0.4, 0.5) is 11.4 Å². The van der Waals surface area contributed by atoms with E-state index >= 15 is 0 Å². The molecule has 2 N–H and O–H groups in total. The molecule has 2 aromatic rings. The van der Waals surface area contributed by atoms with Crippen LogP contribution in [0.15, 0.2) is 42.5 Å². The summed E-state index contributed by atoms with van der Waals surface area (Å²) in [5.74, 6) is -0.399. The van der Waals surface area contributed by atoms with E-state index < -0.39 is 10.8 Å². The number of anilines is 1. The van der Waals surface area contributed by atoms with Gasteiger partial charge >= 0.3 is 0 Å². The number of nitro benzene ring substituents is 1. The Balaban J connectivity index is 2.22. The van der Waals surface area contributed by atoms with Crippen LogP contribution in [0.1, 0.15) is 34.6 Å². The Morgan fingerprint density at radius 2 is 1.81 bits per heavy atom. The molecule has 0 radical (unpaired) electrons. The van der Waals surface area contributed by atoms with Gasteiger partial charge in [-0.25, -0.2) is 0 Å². The highest BCUT2D eigenvalue weighted by Crippen LogP contribution is 2.22. The van der Waals surface area contributed by atoms with Gasteiger partial charge in [-0.2, -0.15) is 0 Å². The second-order valence-corrected chi connectivity index (χ2v) is 7.19. The first-order valence-corrected chi connectivity index (χ1v) is 9.00. The lowest BCUT2D eigenvalue weighted by atomic mass is 10.1. The zero-order valence-electron chi connectivity index (χ0n) is 14.3. The molecule has 0 aliphatic heterocycles. The van der Waals surface area contributed by atoms with Crippen molar-refractivity contribution in [3.63, 3.8) is 0 Å². The van der Waals surface area contributed by atoms with Crippen molar-refractivity contribution < 1.29 is 14.5 Å². The average Bonchev–Trinajstić information content (AvgIpc) is 2.59. The van der Waals surface area contributed by atoms with Crippen molar-refractivity contribution in [1.29, 1.82) is 0 Å². The van der Waals surface area contributed by atoms with E-state index in [0.717, 1.165) is 0 Å². The van der Waals surface area contributed by atoms with E-state index in [9.17, 15) is 19.7 Å². The molecule has 2 amide bonds. The maximum absolute atomic E-state index is 12.5. The third-order valence-corrected chi connectivity index (χ3v) is 4.39. The molecule has 0 saturated carbocycles. The van der Waals surface area contributed by atoms with E-state index in [4.69, 9.17) is 0 Å². The summed E-state index contributed by atoms with van der Waals surface area (Å²) in [6, 6.07) is 10.7. The number of halogens is 1. The highest BCUT2D eigenvalue weighted by atomic mass is 127. The largest absolute Gasteiger partial charge is 0.352 e. The number of nitro groups is 1. The van der Waals surface area contributed by atoms with Gasteiger partial charge in [0.25, 0.3) is 17.5 Å². The maximum Gasteiger partial charge on any atom is 0.270 e. The quantitative estimate of drug-likeness (QED) is 0.383. The first kappa shape index (κ1) is 19.8. The molecule has 136 valence electrons. The van der Waals surface area contributed by atoms with Crippen LogP contribution in [0.5, 0.6) is 0 Å². The van der Waals surface area contributed by atoms with Crippen molar-refractivity contribution in [3.8, 4) is 0 Å². The molecule has 0 aromatic heterocycles. The molecule has 0 fully saturated rings. The van der Waals surface area contributed by atoms with Gasteiger partial charge in [0.15, 0.2) is 0 Å². The fourth-order valence-corrected chi connectivity index (χ4v) is 2.92. The van der Waals surface area contributed by atoms with Crippen molar-refractivity contribution in [3.05, 3.63) is 67.3 Å². The van der Waals surface area contributed by atoms with E-state index in [2.05, 4.69) is 10.6 Å². The van der Waals surface area contributed by atoms with Gasteiger partial charge < -0.3 is 10.6 Å². The minimum Gasteiger partial charge on any atom is -0.352 e. The summed E-state index contributed by atoms with van der Waals surface area (Å²) >= 11 is 1.88. The zero-order chi connectivity index (χ0) is 19.3. The summed E-state index contributed by atoms with van der Waals surface area (Å²) in [5, 5.41) is 16.3. The molecule has 2 aromatic carbocycles. The summed E-state index contributed by atoms with van der Waals surface area (Å²) in [4.78, 5) is 35.2. The maximum atomic E-state index is 12.5. The van der Waals surface area contributed by atoms with Crippen LogP contribution >= 0.6 is 22.6 Å². The minimum absolute atomic E-state index is 0.0839. The molecule has 0 unspecified atom stereocenters. The first-order chi connectivity index (χ1) is 12.3. The van der Waals surface area contributed by atoms with Crippen LogP contribution in [0.3, 0.4) is 0 Å². The fourth-order valence-electron chi connectivity index (χ4n) is 2.17. The third-order valence-electron chi connectivity index (χ3n) is 3.50. The summed E-state index contributed by atoms with van der Waals surface area (Å²) in [7, 11) is 0. The lowest BCUT2D eigenvalue weighted by Crippen LogP contribution is -2.28. The van der Waals surface area contributed by atoms with Crippen LogP contribution < -0.4 is 10.6 Å². The van der Waals surface area contributed by atoms with E-state index in [-0.39, 0.29) is 11.6 Å². The van der Waals surface area contributed by atoms with E-state index in [1.165, 1.54) is 18.2 Å². The van der Waals surface area contributed by atoms with Crippen molar-refractivity contribution in [2.75, 3.05) is 11.9 Å². The molecule has 26 heavy (non-hydrogen) atoms. The SMILES string of the molecule is CC(C)CNC(=O)c1ccccc1NC(=O)c1ccc([N+](=O)[O-])cc1I. The van der Waals surface area contributed by atoms with Gasteiger partial charge in [0.2, 0.25) is 0 Å². The van der Waals surface area contributed by atoms with Crippen molar-refractivity contribution >= 4 is 45.8 Å². The molecule has 0 aliphatic rings. The van der Waals surface area contributed by atoms with E-state index in [1.807, 2.05) is 36.4 Å². The monoisotopic (exact) mass is 467 g/mol. The van der Waals surface area contributed by atoms with Gasteiger partial charge in [0.05, 0.1) is 21.7 Å². The number of nitrogens with zero attached hydrogens (tertiary/aromatic N) is 1. The number of hydrogen-bond acceptors (Lipinski definition) is 4. The van der Waals surface area contributed by atoms with E-state index in [0.29, 0.717) is 32.8 Å². The number of nitrogens with one attached hydrogen (secondary N) is 2. The van der Waals surface area contributed by atoms with Crippen molar-refractivity contribution in [2.24, 2.45) is 5.92 Å². The Morgan fingerprint density at radius 3 is 2.42 bits per heavy atom. The predicted octanol–water partition coefficient (Wildman–Crippen LogP) is 3.84. The Kier molecular flexibility index (Phi) is 6.67. The summed E-state index contributed by atoms with van der Waals surface area (Å²) in [6.07, 6.45) is 0. The van der Waals surface area contributed by atoms with Crippen LogP contribution in [0, 0.1) is 19.6 Å². The lowest BCUT2D eigenvalue weighted by molar-refractivity contribution is -0.384. The average molecular weight is 467 g/mol. The van der Waals surface area contributed by atoms with Gasteiger partial charge in [-0.1, -0.05) is 26.0 Å². The lowest BCUT2D eigenvalue weighted by Gasteiger charge is -2.13. The van der Waals surface area contributed by atoms with Crippen LogP contribution in [0.2, 0.25) is 0 Å². The predicted molar refractivity (Wildman–Crippen MR) is 107 cm³/mol. The Hall–Kier alpha value is -2.49. The third kappa shape index (κ3) is 5.01. The van der Waals surface area contributed by atoms with Gasteiger partial charge in [0.1, 0.15) is 0 Å². The topological polar surface area (TPSA) is 101 Å². The number of rotatable bonds is 6. The Morgan fingerprint density at radius 1 is 1.12 bits per heavy atom. The number of hydrogen-bond donors (Lipinski definition) is 2. The number of para-hydroxylation sites is 1. The molecule has 7 nitrogen and oxygen atoms in total. The molecule has 8 heteroatoms. The number of non-ortho nitro benzene ring substituents is 1. The second kappa shape index (κ2) is 8.75.